The summed E-state index contributed by atoms with van der Waals surface area (Å²) < 4.78 is 33.3. The van der Waals surface area contributed by atoms with Crippen molar-refractivity contribution in [1.29, 1.82) is 0 Å². The quantitative estimate of drug-likeness (QED) is 0.591. The van der Waals surface area contributed by atoms with Gasteiger partial charge in [-0.3, -0.25) is 10.1 Å². The van der Waals surface area contributed by atoms with Crippen molar-refractivity contribution in [3.63, 3.8) is 0 Å². The van der Waals surface area contributed by atoms with Crippen LogP contribution in [0.25, 0.3) is 0 Å². The topological polar surface area (TPSA) is 101 Å². The molecule has 1 N–H and O–H groups in total. The van der Waals surface area contributed by atoms with Crippen molar-refractivity contribution < 1.29 is 17.9 Å². The molecule has 2 aromatic carbocycles. The molecule has 0 radical (unpaired) electrons. The van der Waals surface area contributed by atoms with E-state index in [1.54, 1.807) is 12.1 Å². The highest BCUT2D eigenvalue weighted by Crippen LogP contribution is 2.23. The number of carbonyl (C=O) groups is 1. The van der Waals surface area contributed by atoms with Crippen LogP contribution in [0.4, 0.5) is 5.13 Å². The molecule has 1 aliphatic rings. The standard InChI is InChI=1S/C22H24N4O4S2/c1-15-13-26(14-16(2)30-15)32(28,29)19-10-6-9-18(12-19)21(27)23-22-25-24-20(31-22)11-17-7-4-3-5-8-17/h3-10,12,15-16H,11,13-14H2,1-2H3,(H,23,25,27)/t15-,16-/m0/s1. The SMILES string of the molecule is C[C@H]1CN(S(=O)(=O)c2cccc(C(=O)Nc3nnc(Cc4ccccc4)s3)c2)C[C@H](C)O1. The van der Waals surface area contributed by atoms with Gasteiger partial charge in [0.25, 0.3) is 5.91 Å². The van der Waals surface area contributed by atoms with E-state index in [9.17, 15) is 13.2 Å². The molecule has 32 heavy (non-hydrogen) atoms. The molecular formula is C22H24N4O4S2. The molecule has 0 aliphatic carbocycles. The van der Waals surface area contributed by atoms with E-state index in [0.717, 1.165) is 10.6 Å². The fraction of sp³-hybridized carbons (Fsp3) is 0.318. The van der Waals surface area contributed by atoms with Gasteiger partial charge in [-0.05, 0) is 37.6 Å². The number of nitrogens with zero attached hydrogens (tertiary/aromatic N) is 3. The first-order valence-corrected chi connectivity index (χ1v) is 12.5. The number of benzene rings is 2. The summed E-state index contributed by atoms with van der Waals surface area (Å²) in [6, 6.07) is 15.9. The van der Waals surface area contributed by atoms with Crippen molar-refractivity contribution in [3.05, 3.63) is 70.7 Å². The average Bonchev–Trinajstić information content (AvgIpc) is 3.20. The van der Waals surface area contributed by atoms with Gasteiger partial charge < -0.3 is 4.74 Å². The van der Waals surface area contributed by atoms with Crippen LogP contribution >= 0.6 is 11.3 Å². The molecule has 4 rings (SSSR count). The Morgan fingerprint density at radius 1 is 1.09 bits per heavy atom. The van der Waals surface area contributed by atoms with Gasteiger partial charge in [0.05, 0.1) is 17.1 Å². The van der Waals surface area contributed by atoms with Gasteiger partial charge >= 0.3 is 0 Å². The minimum absolute atomic E-state index is 0.0773. The maximum atomic E-state index is 13.1. The van der Waals surface area contributed by atoms with Crippen LogP contribution in [-0.4, -0.2) is 54.1 Å². The predicted molar refractivity (Wildman–Crippen MR) is 122 cm³/mol. The van der Waals surface area contributed by atoms with Gasteiger partial charge in [-0.2, -0.15) is 4.31 Å². The molecule has 8 nitrogen and oxygen atoms in total. The number of ether oxygens (including phenoxy) is 1. The number of hydrogen-bond donors (Lipinski definition) is 1. The minimum Gasteiger partial charge on any atom is -0.373 e. The summed E-state index contributed by atoms with van der Waals surface area (Å²) in [5, 5.41) is 12.0. The molecule has 1 saturated heterocycles. The zero-order valence-corrected chi connectivity index (χ0v) is 19.4. The first-order valence-electron chi connectivity index (χ1n) is 10.2. The number of amides is 1. The fourth-order valence-corrected chi connectivity index (χ4v) is 6.00. The lowest BCUT2D eigenvalue weighted by Gasteiger charge is -2.34. The lowest BCUT2D eigenvalue weighted by Crippen LogP contribution is -2.48. The van der Waals surface area contributed by atoms with Crippen LogP contribution in [0.15, 0.2) is 59.5 Å². The van der Waals surface area contributed by atoms with Gasteiger partial charge in [-0.25, -0.2) is 8.42 Å². The number of anilines is 1. The van der Waals surface area contributed by atoms with Gasteiger partial charge in [0, 0.05) is 25.1 Å². The molecule has 0 saturated carbocycles. The first kappa shape index (κ1) is 22.5. The van der Waals surface area contributed by atoms with Gasteiger partial charge in [0.2, 0.25) is 15.2 Å². The van der Waals surface area contributed by atoms with Crippen molar-refractivity contribution in [3.8, 4) is 0 Å². The third-order valence-corrected chi connectivity index (χ3v) is 7.67. The van der Waals surface area contributed by atoms with Gasteiger partial charge in [-0.1, -0.05) is 47.7 Å². The highest BCUT2D eigenvalue weighted by Gasteiger charge is 2.32. The van der Waals surface area contributed by atoms with Crippen LogP contribution in [0.5, 0.6) is 0 Å². The van der Waals surface area contributed by atoms with E-state index >= 15 is 0 Å². The Kier molecular flexibility index (Phi) is 6.66. The molecule has 0 unspecified atom stereocenters. The van der Waals surface area contributed by atoms with Crippen LogP contribution in [0.1, 0.15) is 34.8 Å². The summed E-state index contributed by atoms with van der Waals surface area (Å²) in [5.74, 6) is -0.437. The Morgan fingerprint density at radius 3 is 2.53 bits per heavy atom. The maximum Gasteiger partial charge on any atom is 0.257 e. The largest absolute Gasteiger partial charge is 0.373 e. The zero-order valence-electron chi connectivity index (χ0n) is 17.8. The van der Waals surface area contributed by atoms with E-state index in [4.69, 9.17) is 4.74 Å². The number of carbonyl (C=O) groups excluding carboxylic acids is 1. The van der Waals surface area contributed by atoms with Gasteiger partial charge in [-0.15, -0.1) is 10.2 Å². The Balaban J connectivity index is 1.47. The van der Waals surface area contributed by atoms with Crippen LogP contribution in [0.2, 0.25) is 0 Å². The predicted octanol–water partition coefficient (Wildman–Crippen LogP) is 3.18. The summed E-state index contributed by atoms with van der Waals surface area (Å²) in [7, 11) is -3.74. The number of hydrogen-bond acceptors (Lipinski definition) is 7. The van der Waals surface area contributed by atoms with Crippen molar-refractivity contribution >= 4 is 32.4 Å². The van der Waals surface area contributed by atoms with Crippen LogP contribution in [-0.2, 0) is 21.2 Å². The normalized spacial score (nSPS) is 19.6. The third kappa shape index (κ3) is 5.21. The summed E-state index contributed by atoms with van der Waals surface area (Å²) in [6.07, 6.45) is 0.239. The van der Waals surface area contributed by atoms with E-state index in [1.165, 1.54) is 27.8 Å². The molecule has 1 amide bonds. The number of rotatable bonds is 6. The maximum absolute atomic E-state index is 13.1. The fourth-order valence-electron chi connectivity index (χ4n) is 3.59. The minimum atomic E-state index is -3.74. The van der Waals surface area contributed by atoms with Gasteiger partial charge in [0.15, 0.2) is 0 Å². The number of sulfonamides is 1. The molecule has 1 aliphatic heterocycles. The van der Waals surface area contributed by atoms with E-state index in [0.29, 0.717) is 11.6 Å². The van der Waals surface area contributed by atoms with Crippen molar-refractivity contribution in [2.75, 3.05) is 18.4 Å². The average molecular weight is 473 g/mol. The second-order valence-corrected chi connectivity index (χ2v) is 10.7. The molecule has 1 aromatic heterocycles. The third-order valence-electron chi connectivity index (χ3n) is 5.01. The van der Waals surface area contributed by atoms with Crippen LogP contribution < -0.4 is 5.32 Å². The highest BCUT2D eigenvalue weighted by atomic mass is 32.2. The highest BCUT2D eigenvalue weighted by molar-refractivity contribution is 7.89. The van der Waals surface area contributed by atoms with Crippen LogP contribution in [0.3, 0.4) is 0 Å². The first-order chi connectivity index (χ1) is 15.3. The van der Waals surface area contributed by atoms with Crippen molar-refractivity contribution in [2.24, 2.45) is 0 Å². The second-order valence-electron chi connectivity index (χ2n) is 7.72. The number of nitrogens with one attached hydrogen (secondary N) is 1. The summed E-state index contributed by atoms with van der Waals surface area (Å²) in [4.78, 5) is 12.8. The molecule has 168 valence electrons. The molecule has 10 heteroatoms. The molecule has 2 heterocycles. The van der Waals surface area contributed by atoms with E-state index < -0.39 is 15.9 Å². The Morgan fingerprint density at radius 2 is 1.81 bits per heavy atom. The Labute approximate surface area is 191 Å². The zero-order chi connectivity index (χ0) is 22.7. The van der Waals surface area contributed by atoms with E-state index in [2.05, 4.69) is 15.5 Å². The smallest absolute Gasteiger partial charge is 0.257 e. The summed E-state index contributed by atoms with van der Waals surface area (Å²) in [5.41, 5.74) is 1.34. The monoisotopic (exact) mass is 472 g/mol. The molecule has 0 spiro atoms. The van der Waals surface area contributed by atoms with E-state index in [1.807, 2.05) is 44.2 Å². The lowest BCUT2D eigenvalue weighted by molar-refractivity contribution is -0.0440. The molecular weight excluding hydrogens is 448 g/mol. The molecule has 0 bridgehead atoms. The molecule has 3 aromatic rings. The molecule has 2 atom stereocenters. The van der Waals surface area contributed by atoms with E-state index in [-0.39, 0.29) is 35.8 Å². The van der Waals surface area contributed by atoms with Crippen molar-refractivity contribution in [1.82, 2.24) is 14.5 Å². The molecule has 1 fully saturated rings. The Hall–Kier alpha value is -2.66. The lowest BCUT2D eigenvalue weighted by atomic mass is 10.2. The number of morpholine rings is 1. The van der Waals surface area contributed by atoms with Crippen molar-refractivity contribution in [2.45, 2.75) is 37.4 Å². The van der Waals surface area contributed by atoms with Gasteiger partial charge in [0.1, 0.15) is 5.01 Å². The Bertz CT molecular complexity index is 1190. The number of aromatic nitrogens is 2. The summed E-state index contributed by atoms with van der Waals surface area (Å²) in [6.45, 7) is 4.24. The second kappa shape index (κ2) is 9.45. The summed E-state index contributed by atoms with van der Waals surface area (Å²) >= 11 is 1.29. The van der Waals surface area contributed by atoms with Crippen LogP contribution in [0, 0.1) is 0 Å².